The second-order valence-electron chi connectivity index (χ2n) is 4.35. The maximum Gasteiger partial charge on any atom is 0.127 e. The summed E-state index contributed by atoms with van der Waals surface area (Å²) in [6, 6.07) is 0. The maximum atomic E-state index is 11.0. The van der Waals surface area contributed by atoms with Gasteiger partial charge in [-0.25, -0.2) is 0 Å². The lowest BCUT2D eigenvalue weighted by atomic mass is 9.89. The van der Waals surface area contributed by atoms with Crippen LogP contribution in [0.3, 0.4) is 0 Å². The molecule has 0 heterocycles. The van der Waals surface area contributed by atoms with E-state index >= 15 is 0 Å². The van der Waals surface area contributed by atoms with Crippen molar-refractivity contribution < 1.29 is 4.79 Å². The number of nitrogens with zero attached hydrogens (tertiary/aromatic N) is 1. The summed E-state index contributed by atoms with van der Waals surface area (Å²) < 4.78 is 0. The molecule has 2 heteroatoms. The second-order valence-corrected chi connectivity index (χ2v) is 4.35. The number of aldehydes is 1. The predicted molar refractivity (Wildman–Crippen MR) is 61.5 cm³/mol. The number of hydrogen-bond donors (Lipinski definition) is 0. The van der Waals surface area contributed by atoms with Crippen LogP contribution in [0.15, 0.2) is 0 Å². The first-order valence-corrected chi connectivity index (χ1v) is 5.80. The average Bonchev–Trinajstić information content (AvgIpc) is 2.23. The summed E-state index contributed by atoms with van der Waals surface area (Å²) >= 11 is 0. The van der Waals surface area contributed by atoms with E-state index in [0.29, 0.717) is 0 Å². The zero-order valence-electron chi connectivity index (χ0n) is 10.2. The van der Waals surface area contributed by atoms with Gasteiger partial charge in [0.25, 0.3) is 0 Å². The first kappa shape index (κ1) is 13.6. The van der Waals surface area contributed by atoms with Gasteiger partial charge in [-0.2, -0.15) is 0 Å². The molecule has 0 saturated carbocycles. The Morgan fingerprint density at radius 1 is 1.29 bits per heavy atom. The SMILES string of the molecule is CCCCN(CC)CC(C)(C=O)CC. The quantitative estimate of drug-likeness (QED) is 0.560. The molecular formula is C12H25NO. The molecule has 0 saturated heterocycles. The van der Waals surface area contributed by atoms with Crippen LogP contribution in [-0.2, 0) is 4.79 Å². The molecule has 0 aromatic heterocycles. The summed E-state index contributed by atoms with van der Waals surface area (Å²) in [6.07, 6.45) is 4.49. The molecule has 0 aliphatic heterocycles. The lowest BCUT2D eigenvalue weighted by molar-refractivity contribution is -0.116. The van der Waals surface area contributed by atoms with Gasteiger partial charge in [-0.15, -0.1) is 0 Å². The Balaban J connectivity index is 4.07. The molecule has 0 amide bonds. The van der Waals surface area contributed by atoms with Crippen LogP contribution in [0.2, 0.25) is 0 Å². The molecule has 0 aromatic rings. The third-order valence-corrected chi connectivity index (χ3v) is 2.95. The lowest BCUT2D eigenvalue weighted by Crippen LogP contribution is -2.37. The van der Waals surface area contributed by atoms with Crippen LogP contribution >= 0.6 is 0 Å². The fourth-order valence-electron chi connectivity index (χ4n) is 1.47. The minimum atomic E-state index is -0.149. The Kier molecular flexibility index (Phi) is 6.81. The van der Waals surface area contributed by atoms with E-state index in [0.717, 1.165) is 32.3 Å². The lowest BCUT2D eigenvalue weighted by Gasteiger charge is -2.29. The van der Waals surface area contributed by atoms with E-state index in [1.807, 2.05) is 0 Å². The normalized spacial score (nSPS) is 15.5. The first-order chi connectivity index (χ1) is 6.61. The Bertz CT molecular complexity index is 158. The molecular weight excluding hydrogens is 174 g/mol. The van der Waals surface area contributed by atoms with Gasteiger partial charge in [0, 0.05) is 12.0 Å². The van der Waals surface area contributed by atoms with E-state index in [-0.39, 0.29) is 5.41 Å². The molecule has 1 atom stereocenters. The van der Waals surface area contributed by atoms with Gasteiger partial charge in [0.15, 0.2) is 0 Å². The summed E-state index contributed by atoms with van der Waals surface area (Å²) in [4.78, 5) is 13.3. The molecule has 84 valence electrons. The number of unbranched alkanes of at least 4 members (excludes halogenated alkanes) is 1. The highest BCUT2D eigenvalue weighted by molar-refractivity contribution is 5.58. The van der Waals surface area contributed by atoms with Gasteiger partial charge in [0.1, 0.15) is 6.29 Å². The molecule has 2 nitrogen and oxygen atoms in total. The van der Waals surface area contributed by atoms with Gasteiger partial charge in [-0.1, -0.05) is 34.1 Å². The van der Waals surface area contributed by atoms with E-state index in [2.05, 4.69) is 32.6 Å². The van der Waals surface area contributed by atoms with Crippen molar-refractivity contribution in [3.05, 3.63) is 0 Å². The van der Waals surface area contributed by atoms with Crippen LogP contribution in [0.25, 0.3) is 0 Å². The first-order valence-electron chi connectivity index (χ1n) is 5.80. The largest absolute Gasteiger partial charge is 0.303 e. The smallest absolute Gasteiger partial charge is 0.127 e. The van der Waals surface area contributed by atoms with E-state index in [9.17, 15) is 4.79 Å². The van der Waals surface area contributed by atoms with Crippen molar-refractivity contribution in [3.8, 4) is 0 Å². The summed E-state index contributed by atoms with van der Waals surface area (Å²) in [6.45, 7) is 11.6. The van der Waals surface area contributed by atoms with Gasteiger partial charge < -0.3 is 9.69 Å². The third kappa shape index (κ3) is 4.75. The Morgan fingerprint density at radius 3 is 2.29 bits per heavy atom. The van der Waals surface area contributed by atoms with Crippen LogP contribution < -0.4 is 0 Å². The molecule has 0 aromatic carbocycles. The van der Waals surface area contributed by atoms with Gasteiger partial charge in [0.05, 0.1) is 0 Å². The Morgan fingerprint density at radius 2 is 1.93 bits per heavy atom. The Labute approximate surface area is 88.7 Å². The molecule has 0 spiro atoms. The maximum absolute atomic E-state index is 11.0. The third-order valence-electron chi connectivity index (χ3n) is 2.95. The number of carbonyl (C=O) groups excluding carboxylic acids is 1. The fraction of sp³-hybridized carbons (Fsp3) is 0.917. The topological polar surface area (TPSA) is 20.3 Å². The van der Waals surface area contributed by atoms with Gasteiger partial charge in [-0.3, -0.25) is 0 Å². The number of rotatable bonds is 8. The van der Waals surface area contributed by atoms with E-state index in [4.69, 9.17) is 0 Å². The van der Waals surface area contributed by atoms with Gasteiger partial charge in [0.2, 0.25) is 0 Å². The zero-order valence-corrected chi connectivity index (χ0v) is 10.2. The molecule has 0 rings (SSSR count). The number of hydrogen-bond acceptors (Lipinski definition) is 2. The molecule has 0 radical (unpaired) electrons. The minimum absolute atomic E-state index is 0.149. The molecule has 14 heavy (non-hydrogen) atoms. The van der Waals surface area contributed by atoms with Crippen LogP contribution in [0.1, 0.15) is 47.0 Å². The second kappa shape index (κ2) is 6.99. The molecule has 0 aliphatic carbocycles. The monoisotopic (exact) mass is 199 g/mol. The van der Waals surface area contributed by atoms with E-state index in [1.54, 1.807) is 0 Å². The van der Waals surface area contributed by atoms with Crippen LogP contribution in [-0.4, -0.2) is 30.8 Å². The zero-order chi connectivity index (χ0) is 11.0. The van der Waals surface area contributed by atoms with Crippen molar-refractivity contribution >= 4 is 6.29 Å². The highest BCUT2D eigenvalue weighted by Crippen LogP contribution is 2.19. The highest BCUT2D eigenvalue weighted by atomic mass is 16.1. The van der Waals surface area contributed by atoms with E-state index < -0.39 is 0 Å². The summed E-state index contributed by atoms with van der Waals surface area (Å²) in [5, 5.41) is 0. The van der Waals surface area contributed by atoms with Crippen molar-refractivity contribution in [1.29, 1.82) is 0 Å². The molecule has 1 unspecified atom stereocenters. The van der Waals surface area contributed by atoms with Crippen LogP contribution in [0, 0.1) is 5.41 Å². The Hall–Kier alpha value is -0.370. The van der Waals surface area contributed by atoms with Gasteiger partial charge >= 0.3 is 0 Å². The fourth-order valence-corrected chi connectivity index (χ4v) is 1.47. The van der Waals surface area contributed by atoms with Gasteiger partial charge in [-0.05, 0) is 25.9 Å². The summed E-state index contributed by atoms with van der Waals surface area (Å²) in [5.41, 5.74) is -0.149. The van der Waals surface area contributed by atoms with Crippen molar-refractivity contribution in [2.75, 3.05) is 19.6 Å². The molecule has 0 aliphatic rings. The van der Waals surface area contributed by atoms with Crippen molar-refractivity contribution in [3.63, 3.8) is 0 Å². The van der Waals surface area contributed by atoms with Crippen molar-refractivity contribution in [1.82, 2.24) is 4.90 Å². The molecule has 0 fully saturated rings. The predicted octanol–water partition coefficient (Wildman–Crippen LogP) is 2.72. The number of carbonyl (C=O) groups is 1. The summed E-state index contributed by atoms with van der Waals surface area (Å²) in [7, 11) is 0. The van der Waals surface area contributed by atoms with Crippen molar-refractivity contribution in [2.24, 2.45) is 5.41 Å². The summed E-state index contributed by atoms with van der Waals surface area (Å²) in [5.74, 6) is 0. The molecule has 0 bridgehead atoms. The highest BCUT2D eigenvalue weighted by Gasteiger charge is 2.23. The standard InChI is InChI=1S/C12H25NO/c1-5-8-9-13(7-3)10-12(4,6-2)11-14/h11H,5-10H2,1-4H3. The minimum Gasteiger partial charge on any atom is -0.303 e. The van der Waals surface area contributed by atoms with Crippen molar-refractivity contribution in [2.45, 2.75) is 47.0 Å². The van der Waals surface area contributed by atoms with E-state index in [1.165, 1.54) is 12.8 Å². The van der Waals surface area contributed by atoms with Crippen LogP contribution in [0.5, 0.6) is 0 Å². The average molecular weight is 199 g/mol. The molecule has 0 N–H and O–H groups in total. The van der Waals surface area contributed by atoms with Crippen LogP contribution in [0.4, 0.5) is 0 Å².